The lowest BCUT2D eigenvalue weighted by Gasteiger charge is -2.07. The standard InChI is InChI=1S/C8H11ClN2O/c1-5-2-3-7(6(10)4-12)11-8(5)9/h2-3,6,12H,4,10H2,1H3. The first kappa shape index (κ1) is 9.45. The van der Waals surface area contributed by atoms with Crippen LogP contribution in [0, 0.1) is 6.92 Å². The van der Waals surface area contributed by atoms with E-state index in [1.165, 1.54) is 0 Å². The van der Waals surface area contributed by atoms with E-state index < -0.39 is 6.04 Å². The zero-order valence-corrected chi connectivity index (χ0v) is 7.54. The third kappa shape index (κ3) is 1.94. The molecule has 3 N–H and O–H groups in total. The summed E-state index contributed by atoms with van der Waals surface area (Å²) in [6.45, 7) is 1.75. The monoisotopic (exact) mass is 186 g/mol. The molecule has 1 atom stereocenters. The number of aryl methyl sites for hydroxylation is 1. The number of rotatable bonds is 2. The van der Waals surface area contributed by atoms with Crippen LogP contribution in [-0.4, -0.2) is 16.7 Å². The second-order valence-electron chi connectivity index (χ2n) is 2.63. The van der Waals surface area contributed by atoms with Gasteiger partial charge >= 0.3 is 0 Å². The highest BCUT2D eigenvalue weighted by atomic mass is 35.5. The molecule has 0 aromatic carbocycles. The van der Waals surface area contributed by atoms with Crippen molar-refractivity contribution in [2.24, 2.45) is 5.73 Å². The van der Waals surface area contributed by atoms with Gasteiger partial charge in [-0.3, -0.25) is 0 Å². The van der Waals surface area contributed by atoms with Gasteiger partial charge in [0.15, 0.2) is 0 Å². The van der Waals surface area contributed by atoms with Gasteiger partial charge in [0.2, 0.25) is 0 Å². The highest BCUT2D eigenvalue weighted by Gasteiger charge is 2.06. The van der Waals surface area contributed by atoms with Crippen LogP contribution in [0.1, 0.15) is 17.3 Å². The predicted octanol–water partition coefficient (Wildman–Crippen LogP) is 1.04. The summed E-state index contributed by atoms with van der Waals surface area (Å²) in [5, 5.41) is 9.18. The lowest BCUT2D eigenvalue weighted by molar-refractivity contribution is 0.266. The van der Waals surface area contributed by atoms with Crippen LogP contribution in [0.2, 0.25) is 5.15 Å². The Balaban J connectivity index is 2.96. The Kier molecular flexibility index (Phi) is 3.03. The average molecular weight is 187 g/mol. The molecular weight excluding hydrogens is 176 g/mol. The van der Waals surface area contributed by atoms with Crippen LogP contribution in [0.25, 0.3) is 0 Å². The van der Waals surface area contributed by atoms with Gasteiger partial charge in [0.05, 0.1) is 18.3 Å². The molecule has 1 heterocycles. The van der Waals surface area contributed by atoms with Crippen LogP contribution in [0.4, 0.5) is 0 Å². The van der Waals surface area contributed by atoms with Crippen LogP contribution in [0.15, 0.2) is 12.1 Å². The van der Waals surface area contributed by atoms with E-state index in [4.69, 9.17) is 22.4 Å². The molecule has 0 aliphatic rings. The fourth-order valence-corrected chi connectivity index (χ4v) is 0.979. The number of aromatic nitrogens is 1. The second-order valence-corrected chi connectivity index (χ2v) is 2.99. The van der Waals surface area contributed by atoms with E-state index in [0.29, 0.717) is 10.8 Å². The lowest BCUT2D eigenvalue weighted by Crippen LogP contribution is -2.16. The third-order valence-electron chi connectivity index (χ3n) is 1.63. The van der Waals surface area contributed by atoms with Crippen molar-refractivity contribution in [2.45, 2.75) is 13.0 Å². The van der Waals surface area contributed by atoms with Gasteiger partial charge < -0.3 is 10.8 Å². The molecule has 0 radical (unpaired) electrons. The lowest BCUT2D eigenvalue weighted by atomic mass is 10.2. The first-order valence-corrected chi connectivity index (χ1v) is 4.02. The summed E-state index contributed by atoms with van der Waals surface area (Å²) < 4.78 is 0. The molecule has 1 aromatic rings. The number of aliphatic hydroxyl groups is 1. The fourth-order valence-electron chi connectivity index (χ4n) is 0.818. The summed E-state index contributed by atoms with van der Waals surface area (Å²) in [7, 11) is 0. The molecule has 3 nitrogen and oxygen atoms in total. The second kappa shape index (κ2) is 3.85. The first-order chi connectivity index (χ1) is 5.65. The van der Waals surface area contributed by atoms with E-state index in [0.717, 1.165) is 5.56 Å². The Bertz CT molecular complexity index is 278. The first-order valence-electron chi connectivity index (χ1n) is 3.64. The van der Waals surface area contributed by atoms with Crippen molar-refractivity contribution in [1.29, 1.82) is 0 Å². The third-order valence-corrected chi connectivity index (χ3v) is 2.02. The normalized spacial score (nSPS) is 13.0. The highest BCUT2D eigenvalue weighted by molar-refractivity contribution is 6.30. The number of pyridine rings is 1. The molecule has 0 amide bonds. The van der Waals surface area contributed by atoms with Crippen LogP contribution in [0.5, 0.6) is 0 Å². The summed E-state index contributed by atoms with van der Waals surface area (Å²) in [6, 6.07) is 3.16. The molecule has 12 heavy (non-hydrogen) atoms. The van der Waals surface area contributed by atoms with Gasteiger partial charge in [-0.1, -0.05) is 17.7 Å². The smallest absolute Gasteiger partial charge is 0.132 e. The highest BCUT2D eigenvalue weighted by Crippen LogP contribution is 2.15. The molecule has 0 spiro atoms. The van der Waals surface area contributed by atoms with Crippen molar-refractivity contribution in [3.05, 3.63) is 28.5 Å². The quantitative estimate of drug-likeness (QED) is 0.679. The minimum Gasteiger partial charge on any atom is -0.394 e. The van der Waals surface area contributed by atoms with Gasteiger partial charge in [-0.05, 0) is 18.6 Å². The average Bonchev–Trinajstić information content (AvgIpc) is 2.08. The van der Waals surface area contributed by atoms with Crippen LogP contribution in [0.3, 0.4) is 0 Å². The van der Waals surface area contributed by atoms with E-state index in [9.17, 15) is 0 Å². The molecule has 1 unspecified atom stereocenters. The summed E-state index contributed by atoms with van der Waals surface area (Å²) in [4.78, 5) is 4.02. The fraction of sp³-hybridized carbons (Fsp3) is 0.375. The summed E-state index contributed by atoms with van der Waals surface area (Å²) in [5.41, 5.74) is 7.07. The van der Waals surface area contributed by atoms with Gasteiger partial charge in [0, 0.05) is 0 Å². The van der Waals surface area contributed by atoms with Gasteiger partial charge in [-0.15, -0.1) is 0 Å². The summed E-state index contributed by atoms with van der Waals surface area (Å²) in [6.07, 6.45) is 0. The molecule has 0 aliphatic carbocycles. The zero-order valence-electron chi connectivity index (χ0n) is 6.79. The molecule has 0 saturated carbocycles. The van der Waals surface area contributed by atoms with Crippen molar-refractivity contribution in [2.75, 3.05) is 6.61 Å². The van der Waals surface area contributed by atoms with Gasteiger partial charge in [0.25, 0.3) is 0 Å². The Morgan fingerprint density at radius 1 is 1.67 bits per heavy atom. The minimum atomic E-state index is -0.442. The van der Waals surface area contributed by atoms with E-state index in [1.807, 2.05) is 13.0 Å². The maximum absolute atomic E-state index is 8.74. The number of aliphatic hydroxyl groups excluding tert-OH is 1. The van der Waals surface area contributed by atoms with Crippen molar-refractivity contribution >= 4 is 11.6 Å². The zero-order chi connectivity index (χ0) is 9.14. The molecular formula is C8H11ClN2O. The molecule has 0 aliphatic heterocycles. The molecule has 0 fully saturated rings. The number of hydrogen-bond donors (Lipinski definition) is 2. The van der Waals surface area contributed by atoms with E-state index in [1.54, 1.807) is 6.07 Å². The van der Waals surface area contributed by atoms with Crippen molar-refractivity contribution in [1.82, 2.24) is 4.98 Å². The molecule has 1 rings (SSSR count). The number of nitrogens with zero attached hydrogens (tertiary/aromatic N) is 1. The molecule has 4 heteroatoms. The molecule has 66 valence electrons. The van der Waals surface area contributed by atoms with Crippen molar-refractivity contribution in [3.63, 3.8) is 0 Å². The Morgan fingerprint density at radius 2 is 2.33 bits per heavy atom. The van der Waals surface area contributed by atoms with E-state index in [2.05, 4.69) is 4.98 Å². The number of hydrogen-bond acceptors (Lipinski definition) is 3. The summed E-state index contributed by atoms with van der Waals surface area (Å²) in [5.74, 6) is 0. The van der Waals surface area contributed by atoms with E-state index in [-0.39, 0.29) is 6.61 Å². The number of nitrogens with two attached hydrogens (primary N) is 1. The number of halogens is 1. The maximum atomic E-state index is 8.74. The predicted molar refractivity (Wildman–Crippen MR) is 48.0 cm³/mol. The van der Waals surface area contributed by atoms with Gasteiger partial charge in [0.1, 0.15) is 5.15 Å². The Morgan fingerprint density at radius 3 is 2.83 bits per heavy atom. The maximum Gasteiger partial charge on any atom is 0.132 e. The largest absolute Gasteiger partial charge is 0.394 e. The van der Waals surface area contributed by atoms with Crippen molar-refractivity contribution in [3.8, 4) is 0 Å². The molecule has 0 bridgehead atoms. The topological polar surface area (TPSA) is 59.1 Å². The summed E-state index contributed by atoms with van der Waals surface area (Å²) >= 11 is 5.77. The Labute approximate surface area is 76.2 Å². The van der Waals surface area contributed by atoms with Crippen LogP contribution < -0.4 is 5.73 Å². The van der Waals surface area contributed by atoms with Crippen LogP contribution >= 0.6 is 11.6 Å². The van der Waals surface area contributed by atoms with Crippen LogP contribution in [-0.2, 0) is 0 Å². The molecule has 1 aromatic heterocycles. The van der Waals surface area contributed by atoms with Gasteiger partial charge in [-0.25, -0.2) is 4.98 Å². The minimum absolute atomic E-state index is 0.119. The van der Waals surface area contributed by atoms with E-state index >= 15 is 0 Å². The van der Waals surface area contributed by atoms with Gasteiger partial charge in [-0.2, -0.15) is 0 Å². The molecule has 0 saturated heterocycles. The Hall–Kier alpha value is -0.640. The van der Waals surface area contributed by atoms with Crippen molar-refractivity contribution < 1.29 is 5.11 Å². The SMILES string of the molecule is Cc1ccc(C(N)CO)nc1Cl.